The Hall–Kier alpha value is -1.35. The Morgan fingerprint density at radius 1 is 1.21 bits per heavy atom. The summed E-state index contributed by atoms with van der Waals surface area (Å²) in [6.45, 7) is 0.951. The number of carbonyl (C=O) groups excluding carboxylic acids is 1. The van der Waals surface area contributed by atoms with Gasteiger partial charge in [0.25, 0.3) is 0 Å². The molecular formula is C16H23NO2. The van der Waals surface area contributed by atoms with Gasteiger partial charge in [0, 0.05) is 12.6 Å². The summed E-state index contributed by atoms with van der Waals surface area (Å²) in [5.41, 5.74) is 1.87. The zero-order valence-corrected chi connectivity index (χ0v) is 11.9. The molecule has 3 nitrogen and oxygen atoms in total. The van der Waals surface area contributed by atoms with Gasteiger partial charge in [-0.25, -0.2) is 4.79 Å². The van der Waals surface area contributed by atoms with Gasteiger partial charge in [0.1, 0.15) is 0 Å². The van der Waals surface area contributed by atoms with Crippen molar-refractivity contribution in [2.75, 3.05) is 14.2 Å². The number of ether oxygens (including phenoxy) is 1. The second-order valence-corrected chi connectivity index (χ2v) is 5.40. The summed E-state index contributed by atoms with van der Waals surface area (Å²) < 4.78 is 4.70. The molecule has 0 bridgehead atoms. The van der Waals surface area contributed by atoms with E-state index < -0.39 is 0 Å². The van der Waals surface area contributed by atoms with E-state index in [0.29, 0.717) is 11.6 Å². The summed E-state index contributed by atoms with van der Waals surface area (Å²) in [7, 11) is 3.61. The minimum absolute atomic E-state index is 0.271. The molecule has 1 aliphatic rings. The molecule has 0 radical (unpaired) electrons. The summed E-state index contributed by atoms with van der Waals surface area (Å²) >= 11 is 0. The lowest BCUT2D eigenvalue weighted by molar-refractivity contribution is 0.0600. The second-order valence-electron chi connectivity index (χ2n) is 5.40. The lowest BCUT2D eigenvalue weighted by Gasteiger charge is -2.31. The van der Waals surface area contributed by atoms with E-state index >= 15 is 0 Å². The first-order chi connectivity index (χ1) is 9.20. The van der Waals surface area contributed by atoms with Crippen LogP contribution < -0.4 is 0 Å². The van der Waals surface area contributed by atoms with Crippen molar-refractivity contribution in [3.8, 4) is 0 Å². The Kier molecular flexibility index (Phi) is 4.97. The SMILES string of the molecule is COC(=O)c1ccc(CN(C)C2CCCCC2)cc1. The number of esters is 1. The minimum atomic E-state index is -0.271. The molecule has 0 N–H and O–H groups in total. The normalized spacial score (nSPS) is 16.6. The fourth-order valence-corrected chi connectivity index (χ4v) is 2.80. The molecule has 104 valence electrons. The third-order valence-corrected chi connectivity index (χ3v) is 4.01. The lowest BCUT2D eigenvalue weighted by Crippen LogP contribution is -2.32. The molecule has 2 rings (SSSR count). The van der Waals surface area contributed by atoms with E-state index in [2.05, 4.69) is 11.9 Å². The van der Waals surface area contributed by atoms with Crippen molar-refractivity contribution in [2.45, 2.75) is 44.7 Å². The van der Waals surface area contributed by atoms with Gasteiger partial charge in [0.2, 0.25) is 0 Å². The van der Waals surface area contributed by atoms with Crippen LogP contribution in [0.25, 0.3) is 0 Å². The van der Waals surface area contributed by atoms with Gasteiger partial charge >= 0.3 is 5.97 Å². The molecule has 3 heteroatoms. The first kappa shape index (κ1) is 14.1. The zero-order chi connectivity index (χ0) is 13.7. The Morgan fingerprint density at radius 2 is 1.84 bits per heavy atom. The molecule has 0 saturated heterocycles. The summed E-state index contributed by atoms with van der Waals surface area (Å²) in [5, 5.41) is 0. The molecular weight excluding hydrogens is 238 g/mol. The monoisotopic (exact) mass is 261 g/mol. The van der Waals surface area contributed by atoms with Gasteiger partial charge in [-0.15, -0.1) is 0 Å². The Bertz CT molecular complexity index is 407. The Morgan fingerprint density at radius 3 is 2.42 bits per heavy atom. The lowest BCUT2D eigenvalue weighted by atomic mass is 9.94. The zero-order valence-electron chi connectivity index (χ0n) is 11.9. The van der Waals surface area contributed by atoms with Crippen LogP contribution in [0.2, 0.25) is 0 Å². The van der Waals surface area contributed by atoms with Crippen LogP contribution in [0.1, 0.15) is 48.0 Å². The number of hydrogen-bond acceptors (Lipinski definition) is 3. The number of methoxy groups -OCH3 is 1. The number of benzene rings is 1. The first-order valence-electron chi connectivity index (χ1n) is 7.08. The van der Waals surface area contributed by atoms with Crippen LogP contribution in [-0.2, 0) is 11.3 Å². The van der Waals surface area contributed by atoms with E-state index in [9.17, 15) is 4.79 Å². The highest BCUT2D eigenvalue weighted by molar-refractivity contribution is 5.89. The van der Waals surface area contributed by atoms with Crippen LogP contribution in [0.5, 0.6) is 0 Å². The van der Waals surface area contributed by atoms with Crippen molar-refractivity contribution < 1.29 is 9.53 Å². The molecule has 1 fully saturated rings. The highest BCUT2D eigenvalue weighted by Gasteiger charge is 2.17. The molecule has 19 heavy (non-hydrogen) atoms. The molecule has 0 heterocycles. The van der Waals surface area contributed by atoms with Crippen LogP contribution in [0, 0.1) is 0 Å². The van der Waals surface area contributed by atoms with Gasteiger partial charge in [0.05, 0.1) is 12.7 Å². The molecule has 1 aliphatic carbocycles. The van der Waals surface area contributed by atoms with Gasteiger partial charge in [-0.2, -0.15) is 0 Å². The van der Waals surface area contributed by atoms with E-state index in [1.807, 2.05) is 24.3 Å². The third kappa shape index (κ3) is 3.80. The fourth-order valence-electron chi connectivity index (χ4n) is 2.80. The maximum atomic E-state index is 11.4. The average Bonchev–Trinajstić information content (AvgIpc) is 2.48. The van der Waals surface area contributed by atoms with Crippen molar-refractivity contribution in [2.24, 2.45) is 0 Å². The average molecular weight is 261 g/mol. The molecule has 1 aromatic carbocycles. The molecule has 0 unspecified atom stereocenters. The van der Waals surface area contributed by atoms with Crippen molar-refractivity contribution in [3.05, 3.63) is 35.4 Å². The van der Waals surface area contributed by atoms with E-state index in [-0.39, 0.29) is 5.97 Å². The van der Waals surface area contributed by atoms with E-state index in [0.717, 1.165) is 6.54 Å². The molecule has 0 spiro atoms. The van der Waals surface area contributed by atoms with Crippen molar-refractivity contribution in [1.82, 2.24) is 4.90 Å². The van der Waals surface area contributed by atoms with Crippen molar-refractivity contribution in [3.63, 3.8) is 0 Å². The Labute approximate surface area is 115 Å². The van der Waals surface area contributed by atoms with Crippen LogP contribution in [0.15, 0.2) is 24.3 Å². The van der Waals surface area contributed by atoms with Gasteiger partial charge in [-0.1, -0.05) is 31.4 Å². The van der Waals surface area contributed by atoms with Crippen LogP contribution >= 0.6 is 0 Å². The molecule has 0 aliphatic heterocycles. The quantitative estimate of drug-likeness (QED) is 0.779. The number of hydrogen-bond donors (Lipinski definition) is 0. The smallest absolute Gasteiger partial charge is 0.337 e. The predicted octanol–water partition coefficient (Wildman–Crippen LogP) is 3.24. The molecule has 0 atom stereocenters. The van der Waals surface area contributed by atoms with Gasteiger partial charge < -0.3 is 4.74 Å². The predicted molar refractivity (Wildman–Crippen MR) is 76.1 cm³/mol. The highest BCUT2D eigenvalue weighted by Crippen LogP contribution is 2.22. The summed E-state index contributed by atoms with van der Waals surface area (Å²) in [5.74, 6) is -0.271. The summed E-state index contributed by atoms with van der Waals surface area (Å²) in [4.78, 5) is 13.8. The number of rotatable bonds is 4. The van der Waals surface area contributed by atoms with E-state index in [4.69, 9.17) is 4.74 Å². The van der Waals surface area contributed by atoms with E-state index in [1.165, 1.54) is 44.8 Å². The fraction of sp³-hybridized carbons (Fsp3) is 0.562. The molecule has 1 saturated carbocycles. The summed E-state index contributed by atoms with van der Waals surface area (Å²) in [6.07, 6.45) is 6.73. The molecule has 1 aromatic rings. The number of nitrogens with zero attached hydrogens (tertiary/aromatic N) is 1. The van der Waals surface area contributed by atoms with Crippen molar-refractivity contribution in [1.29, 1.82) is 0 Å². The highest BCUT2D eigenvalue weighted by atomic mass is 16.5. The molecule has 0 aromatic heterocycles. The van der Waals surface area contributed by atoms with Crippen LogP contribution in [0.3, 0.4) is 0 Å². The number of carbonyl (C=O) groups is 1. The second kappa shape index (κ2) is 6.71. The van der Waals surface area contributed by atoms with Gasteiger partial charge in [-0.3, -0.25) is 4.90 Å². The van der Waals surface area contributed by atoms with Crippen LogP contribution in [0.4, 0.5) is 0 Å². The van der Waals surface area contributed by atoms with Gasteiger partial charge in [0.15, 0.2) is 0 Å². The van der Waals surface area contributed by atoms with Crippen molar-refractivity contribution >= 4 is 5.97 Å². The maximum Gasteiger partial charge on any atom is 0.337 e. The Balaban J connectivity index is 1.93. The largest absolute Gasteiger partial charge is 0.465 e. The van der Waals surface area contributed by atoms with Crippen LogP contribution in [-0.4, -0.2) is 31.1 Å². The first-order valence-corrected chi connectivity index (χ1v) is 7.08. The standard InChI is InChI=1S/C16H23NO2/c1-17(15-6-4-3-5-7-15)12-13-8-10-14(11-9-13)16(18)19-2/h8-11,15H,3-7,12H2,1-2H3. The minimum Gasteiger partial charge on any atom is -0.465 e. The topological polar surface area (TPSA) is 29.5 Å². The maximum absolute atomic E-state index is 11.4. The molecule has 0 amide bonds. The van der Waals surface area contributed by atoms with Gasteiger partial charge in [-0.05, 0) is 37.6 Å². The third-order valence-electron chi connectivity index (χ3n) is 4.01. The summed E-state index contributed by atoms with van der Waals surface area (Å²) in [6, 6.07) is 8.44. The van der Waals surface area contributed by atoms with E-state index in [1.54, 1.807) is 0 Å².